The number of allylic oxidation sites excluding steroid dienone is 2. The van der Waals surface area contributed by atoms with Crippen LogP contribution in [0.4, 0.5) is 0 Å². The fraction of sp³-hybridized carbons (Fsp3) is 0.645. The van der Waals surface area contributed by atoms with Crippen LogP contribution in [-0.4, -0.2) is 126 Å². The highest BCUT2D eigenvalue weighted by Crippen LogP contribution is 2.31. The van der Waals surface area contributed by atoms with E-state index in [0.29, 0.717) is 6.42 Å². The van der Waals surface area contributed by atoms with Crippen molar-refractivity contribution in [1.29, 1.82) is 0 Å². The number of hydrogen-bond acceptors (Lipinski definition) is 6. The largest absolute Gasteiger partial charge is 0.371 e. The number of likely N-dealkylation sites (N-methyl/N-ethyl adjacent to an activating group) is 1. The molecule has 2 saturated heterocycles. The van der Waals surface area contributed by atoms with Gasteiger partial charge in [-0.1, -0.05) is 24.8 Å². The zero-order valence-corrected chi connectivity index (χ0v) is 25.1. The average molecular weight is 553 g/mol. The maximum absolute atomic E-state index is 13.3. The summed E-state index contributed by atoms with van der Waals surface area (Å²) in [6.07, 6.45) is 10.2. The molecule has 0 spiro atoms. The Kier molecular flexibility index (Phi) is 9.90. The van der Waals surface area contributed by atoms with E-state index in [9.17, 15) is 14.4 Å². The van der Waals surface area contributed by atoms with Gasteiger partial charge in [0.15, 0.2) is 0 Å². The van der Waals surface area contributed by atoms with Crippen LogP contribution in [0, 0.1) is 0 Å². The lowest BCUT2D eigenvalue weighted by atomic mass is 9.89. The van der Waals surface area contributed by atoms with Crippen LogP contribution in [0.3, 0.4) is 0 Å². The summed E-state index contributed by atoms with van der Waals surface area (Å²) >= 11 is 0. The number of nitrogens with one attached hydrogen (secondary N) is 1. The van der Waals surface area contributed by atoms with Gasteiger partial charge in [0, 0.05) is 89.5 Å². The van der Waals surface area contributed by atoms with Crippen LogP contribution in [0.5, 0.6) is 0 Å². The maximum Gasteiger partial charge on any atom is 0.260 e. The number of hydrogen-bond donors (Lipinski definition) is 1. The fourth-order valence-electron chi connectivity index (χ4n) is 6.39. The van der Waals surface area contributed by atoms with E-state index < -0.39 is 0 Å². The molecule has 3 unspecified atom stereocenters. The third-order valence-electron chi connectivity index (χ3n) is 8.80. The molecule has 3 heterocycles. The number of likely N-dealkylation sites (tertiary alicyclic amines) is 1. The molecular weight excluding hydrogens is 504 g/mol. The first-order valence-corrected chi connectivity index (χ1v) is 14.9. The third-order valence-corrected chi connectivity index (χ3v) is 8.80. The van der Waals surface area contributed by atoms with Crippen molar-refractivity contribution in [2.45, 2.75) is 71.1 Å². The van der Waals surface area contributed by atoms with Crippen molar-refractivity contribution in [2.75, 3.05) is 59.4 Å². The van der Waals surface area contributed by atoms with Crippen LogP contribution in [0.2, 0.25) is 0 Å². The van der Waals surface area contributed by atoms with Crippen LogP contribution in [-0.2, 0) is 14.4 Å². The molecule has 9 nitrogen and oxygen atoms in total. The van der Waals surface area contributed by atoms with Gasteiger partial charge in [-0.15, -0.1) is 0 Å². The number of piperidine rings is 1. The molecule has 0 aromatic heterocycles. The molecule has 9 heteroatoms. The van der Waals surface area contributed by atoms with Crippen LogP contribution in [0.15, 0.2) is 47.7 Å². The van der Waals surface area contributed by atoms with Gasteiger partial charge in [-0.05, 0) is 52.3 Å². The first kappa shape index (κ1) is 30.1. The van der Waals surface area contributed by atoms with Gasteiger partial charge in [-0.2, -0.15) is 0 Å². The summed E-state index contributed by atoms with van der Waals surface area (Å²) in [4.78, 5) is 49.1. The molecule has 2 fully saturated rings. The van der Waals surface area contributed by atoms with Gasteiger partial charge in [-0.25, -0.2) is 0 Å². The number of rotatable bonds is 9. The standard InChI is InChI=1S/C31H48N6O3/c1-22(2)37-29-10-8-7-9-26(29)21-28(31(37)40)30(39)32-27-19-23(3)36(24(4)20-27)18-12-33(6)11-13-34-14-16-35(17-15-34)25(5)38/h7-9,21-22,24,27,29H,3,10-20H2,1-2,4-6H3,(H,32,39). The smallest absolute Gasteiger partial charge is 0.260 e. The molecule has 3 amide bonds. The summed E-state index contributed by atoms with van der Waals surface area (Å²) < 4.78 is 0. The molecule has 0 radical (unpaired) electrons. The molecular formula is C31H48N6O3. The molecule has 40 heavy (non-hydrogen) atoms. The van der Waals surface area contributed by atoms with E-state index in [1.54, 1.807) is 13.0 Å². The molecule has 1 N–H and O–H groups in total. The summed E-state index contributed by atoms with van der Waals surface area (Å²) in [5.41, 5.74) is 2.29. The summed E-state index contributed by atoms with van der Waals surface area (Å²) in [5.74, 6) is -0.301. The zero-order valence-electron chi connectivity index (χ0n) is 25.1. The van der Waals surface area contributed by atoms with Gasteiger partial charge in [0.1, 0.15) is 5.57 Å². The van der Waals surface area contributed by atoms with Crippen LogP contribution < -0.4 is 5.32 Å². The Labute approximate surface area is 240 Å². The number of carbonyl (C=O) groups excluding carboxylic acids is 3. The molecule has 4 aliphatic rings. The molecule has 3 aliphatic heterocycles. The van der Waals surface area contributed by atoms with Crippen molar-refractivity contribution < 1.29 is 14.4 Å². The number of fused-ring (bicyclic) bond motifs is 1. The van der Waals surface area contributed by atoms with Crippen molar-refractivity contribution in [2.24, 2.45) is 0 Å². The highest BCUT2D eigenvalue weighted by atomic mass is 16.2. The van der Waals surface area contributed by atoms with Crippen molar-refractivity contribution in [1.82, 2.24) is 29.8 Å². The lowest BCUT2D eigenvalue weighted by Crippen LogP contribution is -2.53. The van der Waals surface area contributed by atoms with E-state index in [0.717, 1.165) is 76.5 Å². The quantitative estimate of drug-likeness (QED) is 0.441. The summed E-state index contributed by atoms with van der Waals surface area (Å²) in [6, 6.07) is 0.226. The van der Waals surface area contributed by atoms with Gasteiger partial charge in [-0.3, -0.25) is 19.3 Å². The van der Waals surface area contributed by atoms with Gasteiger partial charge in [0.2, 0.25) is 5.91 Å². The number of carbonyl (C=O) groups is 3. The highest BCUT2D eigenvalue weighted by Gasteiger charge is 2.38. The monoisotopic (exact) mass is 552 g/mol. The van der Waals surface area contributed by atoms with E-state index in [4.69, 9.17) is 0 Å². The van der Waals surface area contributed by atoms with Crippen LogP contribution >= 0.6 is 0 Å². The molecule has 1 aliphatic carbocycles. The van der Waals surface area contributed by atoms with E-state index in [-0.39, 0.29) is 47.5 Å². The Morgan fingerprint density at radius 3 is 2.50 bits per heavy atom. The van der Waals surface area contributed by atoms with E-state index >= 15 is 0 Å². The summed E-state index contributed by atoms with van der Waals surface area (Å²) in [5, 5.41) is 3.16. The predicted molar refractivity (Wildman–Crippen MR) is 158 cm³/mol. The molecule has 3 atom stereocenters. The lowest BCUT2D eigenvalue weighted by molar-refractivity contribution is -0.134. The SMILES string of the molecule is C=C1CC(NC(=O)C2=CC3=CC=CCC3N(C(C)C)C2=O)CC(C)N1CCN(C)CCN1CCN(C(C)=O)CC1. The second-order valence-corrected chi connectivity index (χ2v) is 12.1. The maximum atomic E-state index is 13.3. The van der Waals surface area contributed by atoms with Crippen molar-refractivity contribution in [3.05, 3.63) is 47.7 Å². The average Bonchev–Trinajstić information content (AvgIpc) is 2.91. The Morgan fingerprint density at radius 1 is 1.15 bits per heavy atom. The number of nitrogens with zero attached hydrogens (tertiary/aromatic N) is 5. The van der Waals surface area contributed by atoms with Gasteiger partial charge in [0.05, 0.1) is 6.04 Å². The Balaban J connectivity index is 1.25. The molecule has 0 aromatic rings. The molecule has 0 saturated carbocycles. The van der Waals surface area contributed by atoms with Crippen molar-refractivity contribution >= 4 is 17.7 Å². The lowest BCUT2D eigenvalue weighted by Gasteiger charge is -2.42. The topological polar surface area (TPSA) is 79.4 Å². The number of piperazine rings is 1. The highest BCUT2D eigenvalue weighted by molar-refractivity contribution is 6.19. The fourth-order valence-corrected chi connectivity index (χ4v) is 6.39. The van der Waals surface area contributed by atoms with Crippen molar-refractivity contribution in [3.8, 4) is 0 Å². The first-order valence-electron chi connectivity index (χ1n) is 14.9. The van der Waals surface area contributed by atoms with Crippen LogP contribution in [0.25, 0.3) is 0 Å². The van der Waals surface area contributed by atoms with Gasteiger partial charge >= 0.3 is 0 Å². The number of amides is 3. The minimum absolute atomic E-state index is 0.00664. The Bertz CT molecular complexity index is 1070. The summed E-state index contributed by atoms with van der Waals surface area (Å²) in [6.45, 7) is 19.5. The van der Waals surface area contributed by atoms with Gasteiger partial charge in [0.25, 0.3) is 11.8 Å². The van der Waals surface area contributed by atoms with E-state index in [1.807, 2.05) is 35.8 Å². The third kappa shape index (κ3) is 7.04. The zero-order chi connectivity index (χ0) is 29.0. The van der Waals surface area contributed by atoms with Gasteiger partial charge < -0.3 is 24.9 Å². The van der Waals surface area contributed by atoms with E-state index in [1.165, 1.54) is 0 Å². The van der Waals surface area contributed by atoms with Crippen LogP contribution in [0.1, 0.15) is 47.0 Å². The molecule has 220 valence electrons. The molecule has 0 aromatic carbocycles. The van der Waals surface area contributed by atoms with Crippen molar-refractivity contribution in [3.63, 3.8) is 0 Å². The van der Waals surface area contributed by atoms with E-state index in [2.05, 4.69) is 46.6 Å². The molecule has 0 bridgehead atoms. The second kappa shape index (κ2) is 13.2. The summed E-state index contributed by atoms with van der Waals surface area (Å²) in [7, 11) is 2.16. The molecule has 4 rings (SSSR count). The Hall–Kier alpha value is -2.91. The normalized spacial score (nSPS) is 25.8. The second-order valence-electron chi connectivity index (χ2n) is 12.1. The Morgan fingerprint density at radius 2 is 1.85 bits per heavy atom. The predicted octanol–water partition coefficient (Wildman–Crippen LogP) is 2.00. The minimum atomic E-state index is -0.285. The first-order chi connectivity index (χ1) is 19.0. The minimum Gasteiger partial charge on any atom is -0.371 e.